The topological polar surface area (TPSA) is 50.1 Å². The molecule has 0 aromatic heterocycles. The molecule has 60 valence electrons. The van der Waals surface area contributed by atoms with E-state index in [0.29, 0.717) is 6.04 Å². The Bertz CT molecular complexity index is 78.9. The van der Waals surface area contributed by atoms with Gasteiger partial charge in [0, 0.05) is 25.7 Å². The largest absolute Gasteiger partial charge is 0.330 e. The van der Waals surface area contributed by atoms with Crippen LogP contribution in [0.1, 0.15) is 12.8 Å². The van der Waals surface area contributed by atoms with E-state index in [-0.39, 0.29) is 0 Å². The Morgan fingerprint density at radius 2 is 2.30 bits per heavy atom. The van der Waals surface area contributed by atoms with Gasteiger partial charge in [0.15, 0.2) is 0 Å². The molecule has 1 aliphatic heterocycles. The van der Waals surface area contributed by atoms with Crippen molar-refractivity contribution in [3.05, 3.63) is 0 Å². The van der Waals surface area contributed by atoms with Crippen LogP contribution in [0.25, 0.3) is 0 Å². The Morgan fingerprint density at radius 3 is 2.90 bits per heavy atom. The van der Waals surface area contributed by atoms with Crippen LogP contribution in [0.15, 0.2) is 0 Å². The van der Waals surface area contributed by atoms with Crippen molar-refractivity contribution in [3.63, 3.8) is 0 Å². The molecule has 0 spiro atoms. The zero-order valence-electron chi connectivity index (χ0n) is 6.40. The van der Waals surface area contributed by atoms with Gasteiger partial charge < -0.3 is 16.4 Å². The fraction of sp³-hybridized carbons (Fsp3) is 1.00. The van der Waals surface area contributed by atoms with Crippen molar-refractivity contribution in [2.45, 2.75) is 18.9 Å². The summed E-state index contributed by atoms with van der Waals surface area (Å²) in [6.45, 7) is 4.15. The quantitative estimate of drug-likeness (QED) is 0.489. The normalized spacial score (nSPS) is 26.7. The first kappa shape index (κ1) is 7.98. The number of nitrogens with two attached hydrogens (primary N) is 1. The SMILES string of the molecule is NCCC[C@@H]1CNCCN1. The maximum absolute atomic E-state index is 5.40. The van der Waals surface area contributed by atoms with Gasteiger partial charge in [0.05, 0.1) is 0 Å². The van der Waals surface area contributed by atoms with Gasteiger partial charge in [-0.3, -0.25) is 0 Å². The van der Waals surface area contributed by atoms with Crippen molar-refractivity contribution in [3.8, 4) is 0 Å². The van der Waals surface area contributed by atoms with Crippen LogP contribution in [-0.4, -0.2) is 32.2 Å². The predicted molar refractivity (Wildman–Crippen MR) is 42.9 cm³/mol. The van der Waals surface area contributed by atoms with Crippen LogP contribution in [0, 0.1) is 0 Å². The molecule has 0 radical (unpaired) electrons. The Labute approximate surface area is 62.4 Å². The highest BCUT2D eigenvalue weighted by molar-refractivity contribution is 4.74. The molecule has 0 aromatic rings. The lowest BCUT2D eigenvalue weighted by Crippen LogP contribution is -2.48. The van der Waals surface area contributed by atoms with Crippen LogP contribution in [0.3, 0.4) is 0 Å². The van der Waals surface area contributed by atoms with Crippen LogP contribution < -0.4 is 16.4 Å². The average molecular weight is 143 g/mol. The number of nitrogens with one attached hydrogen (secondary N) is 2. The third-order valence-corrected chi connectivity index (χ3v) is 1.88. The van der Waals surface area contributed by atoms with Crippen molar-refractivity contribution in [2.75, 3.05) is 26.2 Å². The average Bonchev–Trinajstić information content (AvgIpc) is 2.03. The Balaban J connectivity index is 2.02. The third kappa shape index (κ3) is 2.64. The van der Waals surface area contributed by atoms with E-state index in [4.69, 9.17) is 5.73 Å². The van der Waals surface area contributed by atoms with Gasteiger partial charge in [-0.25, -0.2) is 0 Å². The molecule has 10 heavy (non-hydrogen) atoms. The molecule has 0 unspecified atom stereocenters. The molecular formula is C7H17N3. The van der Waals surface area contributed by atoms with Gasteiger partial charge in [-0.2, -0.15) is 0 Å². The number of hydrogen-bond donors (Lipinski definition) is 3. The molecule has 0 bridgehead atoms. The molecule has 1 heterocycles. The first-order valence-electron chi connectivity index (χ1n) is 4.07. The zero-order valence-corrected chi connectivity index (χ0v) is 6.40. The Hall–Kier alpha value is -0.120. The van der Waals surface area contributed by atoms with Crippen LogP contribution in [0.5, 0.6) is 0 Å². The molecule has 1 atom stereocenters. The molecule has 1 aliphatic rings. The molecule has 0 aromatic carbocycles. The summed E-state index contributed by atoms with van der Waals surface area (Å²) < 4.78 is 0. The van der Waals surface area contributed by atoms with Gasteiger partial charge in [0.1, 0.15) is 0 Å². The molecular weight excluding hydrogens is 126 g/mol. The predicted octanol–water partition coefficient (Wildman–Crippen LogP) is -0.713. The summed E-state index contributed by atoms with van der Waals surface area (Å²) in [6, 6.07) is 0.664. The summed E-state index contributed by atoms with van der Waals surface area (Å²) in [4.78, 5) is 0. The molecule has 3 heteroatoms. The van der Waals surface area contributed by atoms with Gasteiger partial charge in [-0.15, -0.1) is 0 Å². The smallest absolute Gasteiger partial charge is 0.0193 e. The third-order valence-electron chi connectivity index (χ3n) is 1.88. The van der Waals surface area contributed by atoms with E-state index >= 15 is 0 Å². The maximum Gasteiger partial charge on any atom is 0.0193 e. The van der Waals surface area contributed by atoms with Crippen molar-refractivity contribution < 1.29 is 0 Å². The van der Waals surface area contributed by atoms with E-state index in [1.807, 2.05) is 0 Å². The maximum atomic E-state index is 5.40. The summed E-state index contributed by atoms with van der Waals surface area (Å²) in [5.41, 5.74) is 5.40. The number of hydrogen-bond acceptors (Lipinski definition) is 3. The summed E-state index contributed by atoms with van der Waals surface area (Å²) in [7, 11) is 0. The summed E-state index contributed by atoms with van der Waals surface area (Å²) in [5.74, 6) is 0. The molecule has 1 saturated heterocycles. The minimum Gasteiger partial charge on any atom is -0.330 e. The number of rotatable bonds is 3. The molecule has 1 fully saturated rings. The van der Waals surface area contributed by atoms with E-state index in [2.05, 4.69) is 10.6 Å². The second kappa shape index (κ2) is 4.66. The van der Waals surface area contributed by atoms with E-state index in [0.717, 1.165) is 32.6 Å². The second-order valence-electron chi connectivity index (χ2n) is 2.79. The monoisotopic (exact) mass is 143 g/mol. The van der Waals surface area contributed by atoms with Gasteiger partial charge in [0.25, 0.3) is 0 Å². The fourth-order valence-corrected chi connectivity index (χ4v) is 1.28. The lowest BCUT2D eigenvalue weighted by molar-refractivity contribution is 0.394. The van der Waals surface area contributed by atoms with Gasteiger partial charge in [-0.05, 0) is 19.4 Å². The minimum absolute atomic E-state index is 0.664. The summed E-state index contributed by atoms with van der Waals surface area (Å²) in [6.07, 6.45) is 2.35. The van der Waals surface area contributed by atoms with Crippen LogP contribution in [0.4, 0.5) is 0 Å². The van der Waals surface area contributed by atoms with E-state index in [9.17, 15) is 0 Å². The molecule has 3 nitrogen and oxygen atoms in total. The summed E-state index contributed by atoms with van der Waals surface area (Å²) >= 11 is 0. The first-order chi connectivity index (χ1) is 4.93. The Kier molecular flexibility index (Phi) is 3.72. The van der Waals surface area contributed by atoms with Crippen molar-refractivity contribution in [2.24, 2.45) is 5.73 Å². The van der Waals surface area contributed by atoms with Crippen LogP contribution in [-0.2, 0) is 0 Å². The highest BCUT2D eigenvalue weighted by Crippen LogP contribution is 1.96. The number of piperazine rings is 1. The lowest BCUT2D eigenvalue weighted by atomic mass is 10.1. The molecule has 1 rings (SSSR count). The lowest BCUT2D eigenvalue weighted by Gasteiger charge is -2.24. The van der Waals surface area contributed by atoms with Gasteiger partial charge >= 0.3 is 0 Å². The molecule has 0 aliphatic carbocycles. The molecule has 0 amide bonds. The summed E-state index contributed by atoms with van der Waals surface area (Å²) in [5, 5.41) is 6.78. The fourth-order valence-electron chi connectivity index (χ4n) is 1.28. The zero-order chi connectivity index (χ0) is 7.23. The van der Waals surface area contributed by atoms with E-state index in [1.165, 1.54) is 6.42 Å². The van der Waals surface area contributed by atoms with E-state index < -0.39 is 0 Å². The minimum atomic E-state index is 0.664. The highest BCUT2D eigenvalue weighted by Gasteiger charge is 2.09. The standard InChI is InChI=1S/C7H17N3/c8-3-1-2-7-6-9-4-5-10-7/h7,9-10H,1-6,8H2/t7-/m1/s1. The van der Waals surface area contributed by atoms with E-state index in [1.54, 1.807) is 0 Å². The van der Waals surface area contributed by atoms with Gasteiger partial charge in [0.2, 0.25) is 0 Å². The van der Waals surface area contributed by atoms with Crippen LogP contribution in [0.2, 0.25) is 0 Å². The van der Waals surface area contributed by atoms with Gasteiger partial charge in [-0.1, -0.05) is 0 Å². The second-order valence-corrected chi connectivity index (χ2v) is 2.79. The van der Waals surface area contributed by atoms with Crippen molar-refractivity contribution in [1.29, 1.82) is 0 Å². The van der Waals surface area contributed by atoms with Crippen molar-refractivity contribution in [1.82, 2.24) is 10.6 Å². The Morgan fingerprint density at radius 1 is 1.40 bits per heavy atom. The first-order valence-corrected chi connectivity index (χ1v) is 4.07. The van der Waals surface area contributed by atoms with Crippen molar-refractivity contribution >= 4 is 0 Å². The molecule has 4 N–H and O–H groups in total. The molecule has 0 saturated carbocycles. The van der Waals surface area contributed by atoms with Crippen LogP contribution >= 0.6 is 0 Å². The highest BCUT2D eigenvalue weighted by atomic mass is 15.0.